The highest BCUT2D eigenvalue weighted by Gasteiger charge is 2.33. The second-order valence-electron chi connectivity index (χ2n) is 7.42. The van der Waals surface area contributed by atoms with E-state index in [1.807, 2.05) is 26.0 Å². The summed E-state index contributed by atoms with van der Waals surface area (Å²) in [4.78, 5) is 30.9. The maximum atomic E-state index is 13.2. The minimum atomic E-state index is -0.819. The Morgan fingerprint density at radius 2 is 1.81 bits per heavy atom. The Bertz CT molecular complexity index is 896. The molecule has 2 aliphatic rings. The largest absolute Gasteiger partial charge is 0.481 e. The molecule has 2 aromatic rings. The van der Waals surface area contributed by atoms with Gasteiger partial charge >= 0.3 is 5.97 Å². The van der Waals surface area contributed by atoms with E-state index in [-0.39, 0.29) is 30.7 Å². The number of benzene rings is 1. The molecule has 0 spiro atoms. The highest BCUT2D eigenvalue weighted by molar-refractivity contribution is 6.07. The zero-order valence-corrected chi connectivity index (χ0v) is 17.0. The van der Waals surface area contributed by atoms with Gasteiger partial charge in [0.05, 0.1) is 17.0 Å². The van der Waals surface area contributed by atoms with Crippen molar-refractivity contribution in [3.8, 4) is 0 Å². The average Bonchev–Trinajstić information content (AvgIpc) is 3.29. The van der Waals surface area contributed by atoms with Gasteiger partial charge in [-0.05, 0) is 50.8 Å². The summed E-state index contributed by atoms with van der Waals surface area (Å²) in [5.74, 6) is -0.881. The van der Waals surface area contributed by atoms with E-state index in [0.29, 0.717) is 31.0 Å². The lowest BCUT2D eigenvalue weighted by Gasteiger charge is -2.18. The molecular formula is C20H24Cl2N2O3. The van der Waals surface area contributed by atoms with E-state index in [9.17, 15) is 14.7 Å². The molecule has 4 rings (SSSR count). The number of carboxylic acid groups (broad SMARTS) is 1. The molecule has 1 aliphatic carbocycles. The van der Waals surface area contributed by atoms with Crippen molar-refractivity contribution in [1.82, 2.24) is 9.88 Å². The molecule has 1 saturated heterocycles. The van der Waals surface area contributed by atoms with Gasteiger partial charge in [-0.3, -0.25) is 14.6 Å². The Labute approximate surface area is 171 Å². The first-order valence-corrected chi connectivity index (χ1v) is 8.88. The Hall–Kier alpha value is -1.85. The van der Waals surface area contributed by atoms with E-state index in [2.05, 4.69) is 6.07 Å². The molecule has 1 aliphatic heterocycles. The highest BCUT2D eigenvalue weighted by atomic mass is 35.5. The number of carbonyl (C=O) groups is 2. The molecule has 1 aromatic carbocycles. The predicted octanol–water partition coefficient (Wildman–Crippen LogP) is 4.12. The lowest BCUT2D eigenvalue weighted by atomic mass is 10.00. The molecule has 1 aromatic heterocycles. The molecule has 27 heavy (non-hydrogen) atoms. The van der Waals surface area contributed by atoms with Gasteiger partial charge in [0, 0.05) is 30.1 Å². The fourth-order valence-electron chi connectivity index (χ4n) is 3.78. The first-order valence-electron chi connectivity index (χ1n) is 8.88. The number of likely N-dealkylation sites (tertiary alicyclic amines) is 1. The van der Waals surface area contributed by atoms with Gasteiger partial charge in [0.15, 0.2) is 0 Å². The Morgan fingerprint density at radius 3 is 2.41 bits per heavy atom. The Balaban J connectivity index is 0.00000131. The number of hydrogen-bond donors (Lipinski definition) is 1. The van der Waals surface area contributed by atoms with Gasteiger partial charge < -0.3 is 10.0 Å². The molecule has 2 heterocycles. The SMILES string of the molecule is Cc1cc(C)c2nc(C3CC3)cc(C(=O)N3CCC(C(=O)O)C3)c2c1.Cl.Cl. The summed E-state index contributed by atoms with van der Waals surface area (Å²) in [5, 5.41) is 10.1. The number of fused-ring (bicyclic) bond motifs is 1. The summed E-state index contributed by atoms with van der Waals surface area (Å²) in [7, 11) is 0. The van der Waals surface area contributed by atoms with Crippen LogP contribution in [0, 0.1) is 19.8 Å². The number of amides is 1. The van der Waals surface area contributed by atoms with E-state index in [0.717, 1.165) is 40.6 Å². The number of nitrogens with zero attached hydrogens (tertiary/aromatic N) is 2. The van der Waals surface area contributed by atoms with Crippen molar-refractivity contribution < 1.29 is 14.7 Å². The second kappa shape index (κ2) is 8.03. The minimum absolute atomic E-state index is 0. The number of carbonyl (C=O) groups excluding carboxylic acids is 1. The maximum Gasteiger partial charge on any atom is 0.308 e. The minimum Gasteiger partial charge on any atom is -0.481 e. The summed E-state index contributed by atoms with van der Waals surface area (Å²) in [6.45, 7) is 4.85. The van der Waals surface area contributed by atoms with Crippen LogP contribution in [-0.2, 0) is 4.79 Å². The summed E-state index contributed by atoms with van der Waals surface area (Å²) in [5.41, 5.74) is 4.75. The van der Waals surface area contributed by atoms with Crippen molar-refractivity contribution in [2.24, 2.45) is 5.92 Å². The molecule has 1 amide bonds. The maximum absolute atomic E-state index is 13.2. The van der Waals surface area contributed by atoms with E-state index in [1.165, 1.54) is 0 Å². The lowest BCUT2D eigenvalue weighted by Crippen LogP contribution is -2.30. The van der Waals surface area contributed by atoms with Crippen molar-refractivity contribution in [2.75, 3.05) is 13.1 Å². The van der Waals surface area contributed by atoms with Gasteiger partial charge in [0.25, 0.3) is 5.91 Å². The second-order valence-corrected chi connectivity index (χ2v) is 7.42. The number of halogens is 2. The van der Waals surface area contributed by atoms with Crippen LogP contribution in [0.5, 0.6) is 0 Å². The Kier molecular flexibility index (Phi) is 6.38. The van der Waals surface area contributed by atoms with Crippen LogP contribution in [-0.4, -0.2) is 40.0 Å². The van der Waals surface area contributed by atoms with Crippen LogP contribution in [0.4, 0.5) is 0 Å². The topological polar surface area (TPSA) is 70.5 Å². The normalized spacial score (nSPS) is 18.7. The predicted molar refractivity (Wildman–Crippen MR) is 109 cm³/mol. The van der Waals surface area contributed by atoms with Crippen LogP contribution in [0.1, 0.15) is 52.4 Å². The smallest absolute Gasteiger partial charge is 0.308 e. The van der Waals surface area contributed by atoms with Crippen LogP contribution in [0.15, 0.2) is 18.2 Å². The van der Waals surface area contributed by atoms with Crippen molar-refractivity contribution in [1.29, 1.82) is 0 Å². The molecule has 1 atom stereocenters. The highest BCUT2D eigenvalue weighted by Crippen LogP contribution is 2.41. The molecule has 1 unspecified atom stereocenters. The molecular weight excluding hydrogens is 387 g/mol. The monoisotopic (exact) mass is 410 g/mol. The van der Waals surface area contributed by atoms with Crippen LogP contribution in [0.25, 0.3) is 10.9 Å². The fourth-order valence-corrected chi connectivity index (χ4v) is 3.78. The third kappa shape index (κ3) is 4.04. The van der Waals surface area contributed by atoms with Crippen molar-refractivity contribution in [3.05, 3.63) is 40.6 Å². The van der Waals surface area contributed by atoms with Crippen molar-refractivity contribution in [3.63, 3.8) is 0 Å². The van der Waals surface area contributed by atoms with Crippen molar-refractivity contribution in [2.45, 2.75) is 39.0 Å². The van der Waals surface area contributed by atoms with Crippen LogP contribution in [0.3, 0.4) is 0 Å². The summed E-state index contributed by atoms with van der Waals surface area (Å²) in [6, 6.07) is 6.05. The number of hydrogen-bond acceptors (Lipinski definition) is 3. The van der Waals surface area contributed by atoms with Gasteiger partial charge in [-0.2, -0.15) is 0 Å². The fraction of sp³-hybridized carbons (Fsp3) is 0.450. The summed E-state index contributed by atoms with van der Waals surface area (Å²) in [6.07, 6.45) is 2.78. The van der Waals surface area contributed by atoms with Gasteiger partial charge in [0.2, 0.25) is 0 Å². The number of aliphatic carboxylic acids is 1. The third-order valence-electron chi connectivity index (χ3n) is 5.32. The molecule has 5 nitrogen and oxygen atoms in total. The lowest BCUT2D eigenvalue weighted by molar-refractivity contribution is -0.141. The molecule has 2 fully saturated rings. The molecule has 7 heteroatoms. The third-order valence-corrected chi connectivity index (χ3v) is 5.32. The number of carboxylic acids is 1. The quantitative estimate of drug-likeness (QED) is 0.825. The molecule has 1 saturated carbocycles. The average molecular weight is 411 g/mol. The zero-order chi connectivity index (χ0) is 17.7. The summed E-state index contributed by atoms with van der Waals surface area (Å²) < 4.78 is 0. The Morgan fingerprint density at radius 1 is 1.11 bits per heavy atom. The van der Waals surface area contributed by atoms with E-state index in [1.54, 1.807) is 4.90 Å². The summed E-state index contributed by atoms with van der Waals surface area (Å²) >= 11 is 0. The van der Waals surface area contributed by atoms with Gasteiger partial charge in [0.1, 0.15) is 0 Å². The van der Waals surface area contributed by atoms with E-state index < -0.39 is 11.9 Å². The van der Waals surface area contributed by atoms with Crippen LogP contribution >= 0.6 is 24.8 Å². The van der Waals surface area contributed by atoms with E-state index in [4.69, 9.17) is 4.98 Å². The van der Waals surface area contributed by atoms with Crippen molar-refractivity contribution >= 4 is 47.6 Å². The number of aromatic nitrogens is 1. The first-order chi connectivity index (χ1) is 11.9. The first kappa shape index (κ1) is 21.5. The molecule has 1 N–H and O–H groups in total. The van der Waals surface area contributed by atoms with Gasteiger partial charge in [-0.15, -0.1) is 24.8 Å². The van der Waals surface area contributed by atoms with Gasteiger partial charge in [-0.25, -0.2) is 0 Å². The molecule has 0 radical (unpaired) electrons. The number of aryl methyl sites for hydroxylation is 2. The molecule has 146 valence electrons. The zero-order valence-electron chi connectivity index (χ0n) is 15.4. The standard InChI is InChI=1S/C20H22N2O3.2ClH/c1-11-7-12(2)18-15(8-11)16(9-17(21-18)13-3-4-13)19(23)22-6-5-14(10-22)20(24)25;;/h7-9,13-14H,3-6,10H2,1-2H3,(H,24,25);2*1H. The van der Waals surface area contributed by atoms with Gasteiger partial charge in [-0.1, -0.05) is 11.6 Å². The van der Waals surface area contributed by atoms with Crippen LogP contribution in [0.2, 0.25) is 0 Å². The number of rotatable bonds is 3. The van der Waals surface area contributed by atoms with E-state index >= 15 is 0 Å². The van der Waals surface area contributed by atoms with Crippen LogP contribution < -0.4 is 0 Å². The number of pyridine rings is 1. The molecule has 0 bridgehead atoms.